The Morgan fingerprint density at radius 3 is 1.84 bits per heavy atom. The molecule has 0 saturated carbocycles. The minimum Gasteiger partial charge on any atom is -0.166 e. The number of halogens is 6. The van der Waals surface area contributed by atoms with Gasteiger partial charge in [-0.2, -0.15) is 26.3 Å². The average Bonchev–Trinajstić information content (AvgIpc) is 2.52. The van der Waals surface area contributed by atoms with Crippen LogP contribution in [0.15, 0.2) is 36.4 Å². The van der Waals surface area contributed by atoms with Crippen molar-refractivity contribution in [3.05, 3.63) is 69.8 Å². The largest absolute Gasteiger partial charge is 0.416 e. The van der Waals surface area contributed by atoms with Gasteiger partial charge in [-0.1, -0.05) is 31.2 Å². The Balaban J connectivity index is 2.28. The molecule has 0 aliphatic heterocycles. The number of alkyl halides is 6. The lowest BCUT2D eigenvalue weighted by Crippen LogP contribution is -2.11. The van der Waals surface area contributed by atoms with Gasteiger partial charge in [0.25, 0.3) is 0 Å². The van der Waals surface area contributed by atoms with Crippen molar-refractivity contribution in [2.24, 2.45) is 0 Å². The third-order valence-electron chi connectivity index (χ3n) is 4.18. The van der Waals surface area contributed by atoms with Gasteiger partial charge in [-0.3, -0.25) is 0 Å². The maximum atomic E-state index is 13.2. The first-order valence-electron chi connectivity index (χ1n) is 7.88. The van der Waals surface area contributed by atoms with Crippen molar-refractivity contribution < 1.29 is 26.3 Å². The molecule has 0 aliphatic rings. The Hall–Kier alpha value is -1.98. The molecule has 0 unspecified atom stereocenters. The summed E-state index contributed by atoms with van der Waals surface area (Å²) >= 11 is 0. The summed E-state index contributed by atoms with van der Waals surface area (Å²) in [4.78, 5) is 0. The monoisotopic (exact) mass is 360 g/mol. The van der Waals surface area contributed by atoms with Gasteiger partial charge in [-0.05, 0) is 60.6 Å². The predicted molar refractivity (Wildman–Crippen MR) is 84.4 cm³/mol. The van der Waals surface area contributed by atoms with Crippen LogP contribution in [0, 0.1) is 6.92 Å². The number of benzene rings is 2. The minimum absolute atomic E-state index is 0.0270. The fourth-order valence-electron chi connectivity index (χ4n) is 2.73. The lowest BCUT2D eigenvalue weighted by Gasteiger charge is -2.15. The van der Waals surface area contributed by atoms with Crippen LogP contribution in [-0.4, -0.2) is 0 Å². The Morgan fingerprint density at radius 1 is 0.720 bits per heavy atom. The van der Waals surface area contributed by atoms with Crippen LogP contribution in [0.5, 0.6) is 0 Å². The van der Waals surface area contributed by atoms with Crippen molar-refractivity contribution in [3.63, 3.8) is 0 Å². The molecule has 2 aromatic carbocycles. The summed E-state index contributed by atoms with van der Waals surface area (Å²) in [7, 11) is 0. The maximum absolute atomic E-state index is 13.2. The van der Waals surface area contributed by atoms with E-state index in [0.717, 1.165) is 12.1 Å². The summed E-state index contributed by atoms with van der Waals surface area (Å²) in [6.07, 6.45) is -8.34. The molecule has 0 bridgehead atoms. The SMILES string of the molecule is CCc1ccc(CCc2ccc(C)c(C(F)(F)F)c2)c(C(F)(F)F)c1. The highest BCUT2D eigenvalue weighted by Crippen LogP contribution is 2.35. The molecule has 0 fully saturated rings. The van der Waals surface area contributed by atoms with Crippen molar-refractivity contribution in [2.75, 3.05) is 0 Å². The van der Waals surface area contributed by atoms with Gasteiger partial charge in [0.1, 0.15) is 0 Å². The van der Waals surface area contributed by atoms with E-state index in [1.165, 1.54) is 25.1 Å². The van der Waals surface area contributed by atoms with Gasteiger partial charge in [-0.25, -0.2) is 0 Å². The normalized spacial score (nSPS) is 12.5. The Kier molecular flexibility index (Phi) is 5.49. The quantitative estimate of drug-likeness (QED) is 0.555. The van der Waals surface area contributed by atoms with Crippen molar-refractivity contribution in [1.82, 2.24) is 0 Å². The predicted octanol–water partition coefficient (Wildman–Crippen LogP) is 6.38. The number of aryl methyl sites for hydroxylation is 4. The minimum atomic E-state index is -4.48. The molecule has 25 heavy (non-hydrogen) atoms. The van der Waals surface area contributed by atoms with Crippen LogP contribution in [-0.2, 0) is 31.6 Å². The van der Waals surface area contributed by atoms with E-state index in [0.29, 0.717) is 17.5 Å². The molecule has 2 rings (SSSR count). The first kappa shape index (κ1) is 19.3. The summed E-state index contributed by atoms with van der Waals surface area (Å²) < 4.78 is 78.5. The van der Waals surface area contributed by atoms with Crippen LogP contribution >= 0.6 is 0 Å². The van der Waals surface area contributed by atoms with E-state index in [4.69, 9.17) is 0 Å². The standard InChI is InChI=1S/C19H18F6/c1-3-13-6-8-15(17(10-13)19(23,24)25)9-7-14-5-4-12(2)16(11-14)18(20,21)22/h4-6,8,10-11H,3,7,9H2,1-2H3. The molecule has 0 amide bonds. The molecule has 6 heteroatoms. The van der Waals surface area contributed by atoms with E-state index >= 15 is 0 Å². The highest BCUT2D eigenvalue weighted by molar-refractivity contribution is 5.37. The molecule has 0 heterocycles. The Bertz CT molecular complexity index is 741. The summed E-state index contributed by atoms with van der Waals surface area (Å²) in [6.45, 7) is 3.12. The van der Waals surface area contributed by atoms with Gasteiger partial charge in [-0.15, -0.1) is 0 Å². The first-order chi connectivity index (χ1) is 11.5. The molecule has 136 valence electrons. The van der Waals surface area contributed by atoms with E-state index < -0.39 is 23.5 Å². The van der Waals surface area contributed by atoms with Crippen LogP contribution in [0.4, 0.5) is 26.3 Å². The molecular formula is C19H18F6. The van der Waals surface area contributed by atoms with E-state index in [2.05, 4.69) is 0 Å². The zero-order valence-corrected chi connectivity index (χ0v) is 13.9. The van der Waals surface area contributed by atoms with E-state index in [1.54, 1.807) is 13.0 Å². The molecule has 0 atom stereocenters. The van der Waals surface area contributed by atoms with Crippen molar-refractivity contribution in [1.29, 1.82) is 0 Å². The molecule has 0 nitrogen and oxygen atoms in total. The molecule has 0 spiro atoms. The number of rotatable bonds is 4. The van der Waals surface area contributed by atoms with Crippen LogP contribution in [0.25, 0.3) is 0 Å². The van der Waals surface area contributed by atoms with Gasteiger partial charge in [0.15, 0.2) is 0 Å². The van der Waals surface area contributed by atoms with Gasteiger partial charge in [0.05, 0.1) is 11.1 Å². The van der Waals surface area contributed by atoms with E-state index in [-0.39, 0.29) is 24.0 Å². The number of hydrogen-bond donors (Lipinski definition) is 0. The van der Waals surface area contributed by atoms with Gasteiger partial charge in [0.2, 0.25) is 0 Å². The highest BCUT2D eigenvalue weighted by atomic mass is 19.4. The zero-order chi connectivity index (χ0) is 18.8. The second kappa shape index (κ2) is 7.10. The van der Waals surface area contributed by atoms with Crippen LogP contribution in [0.2, 0.25) is 0 Å². The van der Waals surface area contributed by atoms with E-state index in [1.807, 2.05) is 0 Å². The van der Waals surface area contributed by atoms with Crippen molar-refractivity contribution in [2.45, 2.75) is 45.5 Å². The molecule has 0 N–H and O–H groups in total. The summed E-state index contributed by atoms with van der Waals surface area (Å²) in [6, 6.07) is 8.05. The summed E-state index contributed by atoms with van der Waals surface area (Å²) in [5.74, 6) is 0. The summed E-state index contributed by atoms with van der Waals surface area (Å²) in [5.41, 5.74) is -0.327. The van der Waals surface area contributed by atoms with E-state index in [9.17, 15) is 26.3 Å². The molecule has 0 aliphatic carbocycles. The van der Waals surface area contributed by atoms with Gasteiger partial charge >= 0.3 is 12.4 Å². The number of hydrogen-bond acceptors (Lipinski definition) is 0. The second-order valence-corrected chi connectivity index (χ2v) is 5.99. The Labute approximate surface area is 142 Å². The molecule has 0 radical (unpaired) electrons. The van der Waals surface area contributed by atoms with Crippen LogP contribution in [0.3, 0.4) is 0 Å². The van der Waals surface area contributed by atoms with Crippen molar-refractivity contribution in [3.8, 4) is 0 Å². The maximum Gasteiger partial charge on any atom is 0.416 e. The third kappa shape index (κ3) is 4.77. The van der Waals surface area contributed by atoms with Crippen LogP contribution < -0.4 is 0 Å². The van der Waals surface area contributed by atoms with Crippen molar-refractivity contribution >= 4 is 0 Å². The van der Waals surface area contributed by atoms with Gasteiger partial charge in [0, 0.05) is 0 Å². The topological polar surface area (TPSA) is 0 Å². The Morgan fingerprint density at radius 2 is 1.28 bits per heavy atom. The third-order valence-corrected chi connectivity index (χ3v) is 4.18. The molecule has 0 saturated heterocycles. The second-order valence-electron chi connectivity index (χ2n) is 5.99. The lowest BCUT2D eigenvalue weighted by molar-refractivity contribution is -0.138. The lowest BCUT2D eigenvalue weighted by atomic mass is 9.95. The zero-order valence-electron chi connectivity index (χ0n) is 13.9. The smallest absolute Gasteiger partial charge is 0.166 e. The fourth-order valence-corrected chi connectivity index (χ4v) is 2.73. The molecular weight excluding hydrogens is 342 g/mol. The fraction of sp³-hybridized carbons (Fsp3) is 0.368. The first-order valence-corrected chi connectivity index (χ1v) is 7.88. The average molecular weight is 360 g/mol. The van der Waals surface area contributed by atoms with Crippen LogP contribution in [0.1, 0.15) is 40.3 Å². The highest BCUT2D eigenvalue weighted by Gasteiger charge is 2.34. The molecule has 0 aromatic heterocycles. The van der Waals surface area contributed by atoms with Gasteiger partial charge < -0.3 is 0 Å². The molecule has 2 aromatic rings. The summed E-state index contributed by atoms with van der Waals surface area (Å²) in [5, 5.41) is 0.